The summed E-state index contributed by atoms with van der Waals surface area (Å²) < 4.78 is 19.2. The Morgan fingerprint density at radius 1 is 1.21 bits per heavy atom. The molecular weight excluding hydrogens is 480 g/mol. The largest absolute Gasteiger partial charge is 0.504 e. The van der Waals surface area contributed by atoms with Crippen LogP contribution in [-0.4, -0.2) is 72.1 Å². The predicted molar refractivity (Wildman–Crippen MR) is 145 cm³/mol. The topological polar surface area (TPSA) is 80.3 Å². The van der Waals surface area contributed by atoms with Crippen LogP contribution in [0.2, 0.25) is 0 Å². The smallest absolute Gasteiger partial charge is 0.324 e. The fourth-order valence-corrected chi connectivity index (χ4v) is 8.00. The molecule has 2 aromatic rings. The summed E-state index contributed by atoms with van der Waals surface area (Å²) in [4.78, 5) is 15.9. The van der Waals surface area contributed by atoms with Crippen LogP contribution in [0, 0.1) is 0 Å². The Hall–Kier alpha value is -2.61. The Balaban J connectivity index is 1.40. The predicted octanol–water partition coefficient (Wildman–Crippen LogP) is 3.74. The molecule has 204 valence electrons. The van der Waals surface area contributed by atoms with Crippen LogP contribution in [-0.2, 0) is 32.5 Å². The van der Waals surface area contributed by atoms with E-state index in [2.05, 4.69) is 23.3 Å². The van der Waals surface area contributed by atoms with Gasteiger partial charge in [0.15, 0.2) is 11.5 Å². The number of phenols is 1. The van der Waals surface area contributed by atoms with Gasteiger partial charge in [-0.1, -0.05) is 36.4 Å². The number of likely N-dealkylation sites (N-methyl/N-ethyl adjacent to an activating group) is 1. The normalized spacial score (nSPS) is 32.3. The first-order valence-electron chi connectivity index (χ1n) is 13.9. The Kier molecular flexibility index (Phi) is 6.05. The molecule has 2 bridgehead atoms. The minimum absolute atomic E-state index is 0.110. The molecule has 1 saturated heterocycles. The summed E-state index contributed by atoms with van der Waals surface area (Å²) in [6.45, 7) is 6.63. The maximum Gasteiger partial charge on any atom is 0.324 e. The molecule has 0 radical (unpaired) electrons. The molecule has 2 aliphatic heterocycles. The first kappa shape index (κ1) is 25.7. The van der Waals surface area contributed by atoms with E-state index in [0.29, 0.717) is 12.2 Å². The fourth-order valence-electron chi connectivity index (χ4n) is 8.00. The summed E-state index contributed by atoms with van der Waals surface area (Å²) >= 11 is 0. The van der Waals surface area contributed by atoms with Crippen molar-refractivity contribution in [2.24, 2.45) is 0 Å². The van der Waals surface area contributed by atoms with Crippen LogP contribution in [0.15, 0.2) is 42.5 Å². The minimum Gasteiger partial charge on any atom is -0.504 e. The average Bonchev–Trinajstić information content (AvgIpc) is 3.24. The van der Waals surface area contributed by atoms with Gasteiger partial charge in [0.1, 0.15) is 17.7 Å². The number of hydrogen-bond acceptors (Lipinski definition) is 7. The van der Waals surface area contributed by atoms with Crippen molar-refractivity contribution in [3.63, 3.8) is 0 Å². The number of carbonyl (C=O) groups is 1. The molecule has 4 aliphatic rings. The van der Waals surface area contributed by atoms with Gasteiger partial charge < -0.3 is 24.2 Å². The molecule has 7 heteroatoms. The van der Waals surface area contributed by atoms with Gasteiger partial charge in [-0.2, -0.15) is 0 Å². The first-order chi connectivity index (χ1) is 18.1. The Labute approximate surface area is 225 Å². The molecule has 2 unspecified atom stereocenters. The van der Waals surface area contributed by atoms with E-state index < -0.39 is 22.7 Å². The molecule has 6 rings (SSSR count). The van der Waals surface area contributed by atoms with E-state index in [1.165, 1.54) is 5.56 Å². The summed E-state index contributed by atoms with van der Waals surface area (Å²) in [5.41, 5.74) is 2.02. The number of esters is 1. The van der Waals surface area contributed by atoms with E-state index in [9.17, 15) is 9.90 Å². The number of aromatic hydroxyl groups is 1. The standard InChI is InChI=1S/C31H40N2O5/c1-29(2,3)38-28(35)22(17-19-9-7-6-8-10-19)32-21-13-14-31(36-5)24-18-20-11-12-23(34)26-25(20)30(31,27(21)37-26)15-16-33(24)4/h6-12,21-22,24,27,32,34H,13-18H2,1-5H3/t21-,22?,24?,27-,30-,31+/m0/s1. The van der Waals surface area contributed by atoms with E-state index >= 15 is 0 Å². The van der Waals surface area contributed by atoms with Gasteiger partial charge >= 0.3 is 5.97 Å². The molecule has 7 nitrogen and oxygen atoms in total. The van der Waals surface area contributed by atoms with Crippen LogP contribution in [0.3, 0.4) is 0 Å². The molecule has 2 fully saturated rings. The minimum atomic E-state index is -0.588. The van der Waals surface area contributed by atoms with Crippen molar-refractivity contribution >= 4 is 5.97 Å². The molecule has 2 aliphatic carbocycles. The Morgan fingerprint density at radius 2 is 1.97 bits per heavy atom. The number of benzene rings is 2. The molecule has 2 aromatic carbocycles. The third-order valence-electron chi connectivity index (χ3n) is 9.44. The van der Waals surface area contributed by atoms with Crippen molar-refractivity contribution in [3.8, 4) is 11.5 Å². The van der Waals surface area contributed by atoms with Crippen molar-refractivity contribution in [1.29, 1.82) is 0 Å². The lowest BCUT2D eigenvalue weighted by Crippen LogP contribution is -2.78. The highest BCUT2D eigenvalue weighted by molar-refractivity contribution is 5.77. The van der Waals surface area contributed by atoms with Gasteiger partial charge in [-0.25, -0.2) is 0 Å². The second kappa shape index (κ2) is 8.97. The van der Waals surface area contributed by atoms with Crippen molar-refractivity contribution in [1.82, 2.24) is 10.2 Å². The summed E-state index contributed by atoms with van der Waals surface area (Å²) in [6, 6.07) is 13.5. The maximum absolute atomic E-state index is 13.5. The lowest BCUT2D eigenvalue weighted by atomic mass is 9.48. The highest BCUT2D eigenvalue weighted by atomic mass is 16.6. The highest BCUT2D eigenvalue weighted by Crippen LogP contribution is 2.66. The number of rotatable bonds is 6. The molecule has 2 N–H and O–H groups in total. The lowest BCUT2D eigenvalue weighted by Gasteiger charge is -2.65. The molecule has 2 heterocycles. The molecule has 0 aromatic heterocycles. The SMILES string of the molecule is CO[C@@]12CC[C@H](NC(Cc3ccccc3)C(=O)OC(C)(C)C)[C@@H]3Oc4c(O)ccc5c4[C@@]31CCN(C)C2C5. The van der Waals surface area contributed by atoms with E-state index in [1.807, 2.05) is 58.2 Å². The van der Waals surface area contributed by atoms with Crippen LogP contribution in [0.1, 0.15) is 56.7 Å². The molecular formula is C31H40N2O5. The van der Waals surface area contributed by atoms with E-state index in [0.717, 1.165) is 43.4 Å². The zero-order chi connectivity index (χ0) is 26.9. The zero-order valence-electron chi connectivity index (χ0n) is 23.1. The molecule has 1 saturated carbocycles. The van der Waals surface area contributed by atoms with Crippen molar-refractivity contribution in [2.45, 2.75) is 93.7 Å². The number of ether oxygens (including phenoxy) is 3. The average molecular weight is 521 g/mol. The van der Waals surface area contributed by atoms with Gasteiger partial charge in [-0.15, -0.1) is 0 Å². The maximum atomic E-state index is 13.5. The summed E-state index contributed by atoms with van der Waals surface area (Å²) in [5, 5.41) is 14.6. The van der Waals surface area contributed by atoms with Gasteiger partial charge in [-0.05, 0) is 83.7 Å². The lowest BCUT2D eigenvalue weighted by molar-refractivity contribution is -0.204. The Bertz CT molecular complexity index is 1230. The van der Waals surface area contributed by atoms with Gasteiger partial charge in [0, 0.05) is 24.8 Å². The zero-order valence-corrected chi connectivity index (χ0v) is 23.1. The molecule has 38 heavy (non-hydrogen) atoms. The number of nitrogens with zero attached hydrogens (tertiary/aromatic N) is 1. The summed E-state index contributed by atoms with van der Waals surface area (Å²) in [7, 11) is 4.03. The van der Waals surface area contributed by atoms with E-state index in [1.54, 1.807) is 6.07 Å². The third-order valence-corrected chi connectivity index (χ3v) is 9.44. The first-order valence-corrected chi connectivity index (χ1v) is 13.9. The van der Waals surface area contributed by atoms with Crippen molar-refractivity contribution in [2.75, 3.05) is 20.7 Å². The quantitative estimate of drug-likeness (QED) is 0.562. The Morgan fingerprint density at radius 3 is 2.68 bits per heavy atom. The molecule has 6 atom stereocenters. The van der Waals surface area contributed by atoms with E-state index in [4.69, 9.17) is 14.2 Å². The van der Waals surface area contributed by atoms with Crippen LogP contribution >= 0.6 is 0 Å². The number of likely N-dealkylation sites (tertiary alicyclic amines) is 1. The fraction of sp³-hybridized carbons (Fsp3) is 0.581. The van der Waals surface area contributed by atoms with Crippen LogP contribution in [0.5, 0.6) is 11.5 Å². The number of hydrogen-bond donors (Lipinski definition) is 2. The monoisotopic (exact) mass is 520 g/mol. The van der Waals surface area contributed by atoms with Crippen LogP contribution in [0.4, 0.5) is 0 Å². The van der Waals surface area contributed by atoms with Gasteiger partial charge in [0.25, 0.3) is 0 Å². The number of nitrogens with one attached hydrogen (secondary N) is 1. The number of methoxy groups -OCH3 is 1. The summed E-state index contributed by atoms with van der Waals surface area (Å²) in [6.07, 6.45) is 3.64. The van der Waals surface area contributed by atoms with Gasteiger partial charge in [-0.3, -0.25) is 10.1 Å². The number of phenolic OH excluding ortho intramolecular Hbond substituents is 1. The third kappa shape index (κ3) is 3.69. The van der Waals surface area contributed by atoms with Crippen molar-refractivity contribution in [3.05, 3.63) is 59.2 Å². The second-order valence-corrected chi connectivity index (χ2v) is 12.6. The van der Waals surface area contributed by atoms with Gasteiger partial charge in [0.2, 0.25) is 0 Å². The van der Waals surface area contributed by atoms with Crippen LogP contribution in [0.25, 0.3) is 0 Å². The van der Waals surface area contributed by atoms with Gasteiger partial charge in [0.05, 0.1) is 11.0 Å². The van der Waals surface area contributed by atoms with E-state index in [-0.39, 0.29) is 29.9 Å². The second-order valence-electron chi connectivity index (χ2n) is 12.6. The molecule has 0 amide bonds. The molecule has 1 spiro atoms. The van der Waals surface area contributed by atoms with Crippen LogP contribution < -0.4 is 10.1 Å². The van der Waals surface area contributed by atoms with Crippen molar-refractivity contribution < 1.29 is 24.1 Å². The number of piperidine rings is 1. The highest BCUT2D eigenvalue weighted by Gasteiger charge is 2.73. The summed E-state index contributed by atoms with van der Waals surface area (Å²) in [5.74, 6) is 0.524. The number of carbonyl (C=O) groups excluding carboxylic acids is 1.